The molecule has 0 aromatic rings. The summed E-state index contributed by atoms with van der Waals surface area (Å²) in [7, 11) is -3.67. The lowest BCUT2D eigenvalue weighted by molar-refractivity contribution is 0.461. The van der Waals surface area contributed by atoms with Crippen molar-refractivity contribution in [2.45, 2.75) is 53.9 Å². The molecule has 0 aliphatic carbocycles. The second kappa shape index (κ2) is 8.37. The lowest BCUT2D eigenvalue weighted by Crippen LogP contribution is -2.74. The van der Waals surface area contributed by atoms with Gasteiger partial charge in [0.25, 0.3) is 0 Å². The normalized spacial score (nSPS) is 36.0. The third-order valence-corrected chi connectivity index (χ3v) is 26.3. The van der Waals surface area contributed by atoms with Gasteiger partial charge < -0.3 is 16.9 Å². The quantitative estimate of drug-likeness (QED) is 0.693. The van der Waals surface area contributed by atoms with Crippen LogP contribution < -0.4 is 0 Å². The van der Waals surface area contributed by atoms with Gasteiger partial charge in [-0.1, -0.05) is 27.7 Å². The first-order valence-electron chi connectivity index (χ1n) is 8.47. The fourth-order valence-corrected chi connectivity index (χ4v) is 25.8. The van der Waals surface area contributed by atoms with Gasteiger partial charge >= 0.3 is 0 Å². The van der Waals surface area contributed by atoms with Crippen molar-refractivity contribution in [3.05, 3.63) is 0 Å². The first kappa shape index (κ1) is 18.8. The van der Waals surface area contributed by atoms with Crippen molar-refractivity contribution in [2.24, 2.45) is 0 Å². The smallest absolute Gasteiger partial charge is 0.175 e. The van der Waals surface area contributed by atoms with Crippen LogP contribution in [-0.4, -0.2) is 79.6 Å². The Morgan fingerprint density at radius 2 is 0.600 bits per heavy atom. The number of hydrogen-bond acceptors (Lipinski definition) is 4. The highest BCUT2D eigenvalue weighted by Gasteiger charge is 2.40. The van der Waals surface area contributed by atoms with E-state index in [0.717, 1.165) is 0 Å². The molecule has 4 nitrogen and oxygen atoms in total. The molecule has 1 aliphatic rings. The van der Waals surface area contributed by atoms with Crippen LogP contribution in [0.25, 0.3) is 0 Å². The molecule has 0 bridgehead atoms. The van der Waals surface area contributed by atoms with Gasteiger partial charge in [-0.2, -0.15) is 0 Å². The highest BCUT2D eigenvalue weighted by molar-refractivity contribution is 6.85. The summed E-state index contributed by atoms with van der Waals surface area (Å²) in [5, 5.41) is 0. The van der Waals surface area contributed by atoms with Gasteiger partial charge in [0.1, 0.15) is 0 Å². The number of rotatable bonds is 4. The molecule has 1 heterocycles. The van der Waals surface area contributed by atoms with Crippen LogP contribution in [0.5, 0.6) is 0 Å². The molecule has 8 heteroatoms. The van der Waals surface area contributed by atoms with Crippen molar-refractivity contribution in [3.63, 3.8) is 0 Å². The van der Waals surface area contributed by atoms with Gasteiger partial charge in [0.05, 0.1) is 0 Å². The van der Waals surface area contributed by atoms with Crippen molar-refractivity contribution in [1.82, 2.24) is 16.9 Å². The van der Waals surface area contributed by atoms with E-state index in [-0.39, 0.29) is 0 Å². The van der Waals surface area contributed by atoms with E-state index in [2.05, 4.69) is 70.8 Å². The van der Waals surface area contributed by atoms with Gasteiger partial charge in [-0.25, -0.2) is 0 Å². The maximum Gasteiger partial charge on any atom is 0.175 e. The Bertz CT molecular complexity index is 225. The average molecular weight is 349 g/mol. The summed E-state index contributed by atoms with van der Waals surface area (Å²) in [6, 6.07) is 0. The van der Waals surface area contributed by atoms with E-state index in [4.69, 9.17) is 0 Å². The molecular formula is C12H36N4Si4. The maximum absolute atomic E-state index is 2.97. The lowest BCUT2D eigenvalue weighted by atomic mass is 10.8. The van der Waals surface area contributed by atoms with E-state index < -0.39 is 36.5 Å². The van der Waals surface area contributed by atoms with Crippen LogP contribution in [0.3, 0.4) is 0 Å². The van der Waals surface area contributed by atoms with Gasteiger partial charge in [0.15, 0.2) is 36.5 Å². The lowest BCUT2D eigenvalue weighted by Gasteiger charge is -2.53. The van der Waals surface area contributed by atoms with Gasteiger partial charge in [-0.3, -0.25) is 0 Å². The zero-order chi connectivity index (χ0) is 15.4. The van der Waals surface area contributed by atoms with Gasteiger partial charge in [-0.15, -0.1) is 0 Å². The highest BCUT2D eigenvalue weighted by Crippen LogP contribution is 2.19. The van der Waals surface area contributed by atoms with Crippen LogP contribution in [0, 0.1) is 0 Å². The average Bonchev–Trinajstić information content (AvgIpc) is 2.41. The minimum atomic E-state index is -0.917. The standard InChI is InChI=1S/C12H36N4Si4/c1-9-13-17(5)14(10-2)19(7)16(12-4)20(8)15(11-3)18(13)6/h17-20H,9-12H2,1-8H3. The van der Waals surface area contributed by atoms with Gasteiger partial charge in [-0.05, 0) is 52.4 Å². The fourth-order valence-electron chi connectivity index (χ4n) is 4.12. The van der Waals surface area contributed by atoms with Crippen LogP contribution in [0.4, 0.5) is 0 Å². The summed E-state index contributed by atoms with van der Waals surface area (Å²) in [6.45, 7) is 24.9. The molecule has 120 valence electrons. The fraction of sp³-hybridized carbons (Fsp3) is 1.00. The monoisotopic (exact) mass is 348 g/mol. The zero-order valence-corrected chi connectivity index (χ0v) is 19.5. The van der Waals surface area contributed by atoms with Crippen LogP contribution in [0.1, 0.15) is 27.7 Å². The molecule has 1 saturated heterocycles. The van der Waals surface area contributed by atoms with Crippen LogP contribution in [0.2, 0.25) is 26.2 Å². The van der Waals surface area contributed by atoms with Gasteiger partial charge in [0.2, 0.25) is 0 Å². The van der Waals surface area contributed by atoms with Crippen LogP contribution >= 0.6 is 0 Å². The van der Waals surface area contributed by atoms with Crippen molar-refractivity contribution >= 4 is 36.5 Å². The minimum absolute atomic E-state index is 0.917. The van der Waals surface area contributed by atoms with Gasteiger partial charge in [0, 0.05) is 0 Å². The Morgan fingerprint density at radius 3 is 0.700 bits per heavy atom. The summed E-state index contributed by atoms with van der Waals surface area (Å²) in [5.41, 5.74) is 0. The molecule has 0 radical (unpaired) electrons. The number of nitrogens with zero attached hydrogens (tertiary/aromatic N) is 4. The summed E-state index contributed by atoms with van der Waals surface area (Å²) >= 11 is 0. The molecule has 0 atom stereocenters. The predicted molar refractivity (Wildman–Crippen MR) is 102 cm³/mol. The van der Waals surface area contributed by atoms with E-state index in [0.29, 0.717) is 0 Å². The molecule has 1 aliphatic heterocycles. The second-order valence-corrected chi connectivity index (χ2v) is 18.6. The Kier molecular flexibility index (Phi) is 7.85. The van der Waals surface area contributed by atoms with Crippen LogP contribution in [0.15, 0.2) is 0 Å². The van der Waals surface area contributed by atoms with E-state index >= 15 is 0 Å². The van der Waals surface area contributed by atoms with Crippen molar-refractivity contribution < 1.29 is 0 Å². The Hall–Kier alpha value is 0.708. The molecule has 0 saturated carbocycles. The topological polar surface area (TPSA) is 13.0 Å². The van der Waals surface area contributed by atoms with Crippen molar-refractivity contribution in [1.29, 1.82) is 0 Å². The van der Waals surface area contributed by atoms with E-state index in [1.165, 1.54) is 26.2 Å². The molecule has 0 spiro atoms. The highest BCUT2D eigenvalue weighted by atomic mass is 28.4. The second-order valence-electron chi connectivity index (χ2n) is 5.85. The molecule has 0 unspecified atom stereocenters. The minimum Gasteiger partial charge on any atom is -0.327 e. The van der Waals surface area contributed by atoms with E-state index in [1.807, 2.05) is 0 Å². The summed E-state index contributed by atoms with van der Waals surface area (Å²) in [6.07, 6.45) is 0. The number of hydrogen-bond donors (Lipinski definition) is 0. The molecular weight excluding hydrogens is 313 g/mol. The third-order valence-electron chi connectivity index (χ3n) is 5.30. The Balaban J connectivity index is 3.18. The zero-order valence-electron chi connectivity index (χ0n) is 14.9. The largest absolute Gasteiger partial charge is 0.327 e. The Morgan fingerprint density at radius 1 is 0.450 bits per heavy atom. The molecule has 0 aromatic heterocycles. The first-order valence-corrected chi connectivity index (χ1v) is 17.2. The molecule has 0 amide bonds. The molecule has 1 rings (SSSR count). The van der Waals surface area contributed by atoms with Crippen LogP contribution in [-0.2, 0) is 0 Å². The summed E-state index contributed by atoms with van der Waals surface area (Å²) < 4.78 is 11.9. The molecule has 20 heavy (non-hydrogen) atoms. The Labute approximate surface area is 133 Å². The van der Waals surface area contributed by atoms with Crippen molar-refractivity contribution in [2.75, 3.05) is 26.2 Å². The summed E-state index contributed by atoms with van der Waals surface area (Å²) in [4.78, 5) is 0. The molecule has 1 fully saturated rings. The maximum atomic E-state index is 2.97. The molecule has 0 aromatic carbocycles. The van der Waals surface area contributed by atoms with Crippen molar-refractivity contribution in [3.8, 4) is 0 Å². The first-order chi connectivity index (χ1) is 9.44. The predicted octanol–water partition coefficient (Wildman–Crippen LogP) is 0.689. The third kappa shape index (κ3) is 3.54. The van der Waals surface area contributed by atoms with E-state index in [9.17, 15) is 0 Å². The SMILES string of the molecule is CCN1[SiH](C)N(CC)[SiH](C)N(CC)[SiH](C)N(CC)[SiH]1C. The van der Waals surface area contributed by atoms with E-state index in [1.54, 1.807) is 0 Å². The summed E-state index contributed by atoms with van der Waals surface area (Å²) in [5.74, 6) is 0. The molecule has 0 N–H and O–H groups in total.